The molecule has 2 aromatic rings. The zero-order chi connectivity index (χ0) is 23.3. The van der Waals surface area contributed by atoms with E-state index in [1.807, 2.05) is 6.07 Å². The van der Waals surface area contributed by atoms with Crippen LogP contribution in [0.2, 0.25) is 0 Å². The molecular weight excluding hydrogens is 441 g/mol. The smallest absolute Gasteiger partial charge is 0.303 e. The minimum absolute atomic E-state index is 0.0754. The van der Waals surface area contributed by atoms with Crippen molar-refractivity contribution in [2.75, 3.05) is 5.75 Å². The maximum absolute atomic E-state index is 14.6. The first-order chi connectivity index (χ1) is 15.2. The highest BCUT2D eigenvalue weighted by Crippen LogP contribution is 2.36. The number of nitrogens with zero attached hydrogens (tertiary/aromatic N) is 1. The summed E-state index contributed by atoms with van der Waals surface area (Å²) in [7, 11) is 0. The van der Waals surface area contributed by atoms with Crippen molar-refractivity contribution in [3.63, 3.8) is 0 Å². The summed E-state index contributed by atoms with van der Waals surface area (Å²) in [4.78, 5) is 39.0. The lowest BCUT2D eigenvalue weighted by Gasteiger charge is -2.39. The molecule has 1 aliphatic heterocycles. The van der Waals surface area contributed by atoms with Gasteiger partial charge in [0.15, 0.2) is 35.3 Å². The number of esters is 3. The summed E-state index contributed by atoms with van der Waals surface area (Å²) in [6, 6.07) is 7.94. The molecule has 10 heteroatoms. The van der Waals surface area contributed by atoms with Crippen molar-refractivity contribution in [3.8, 4) is 16.9 Å². The molecule has 0 saturated carbocycles. The molecule has 0 aliphatic carbocycles. The Kier molecular flexibility index (Phi) is 7.68. The van der Waals surface area contributed by atoms with E-state index >= 15 is 0 Å². The number of ether oxygens (including phenoxy) is 4. The topological polar surface area (TPSA) is 101 Å². The SMILES string of the molecule is CC(=O)O[C@@H]1[C@@H](OC(C)=O)[C@H](OC(C)=O)CS[C@H]1Oc1cc(-c2cccnc2)ccc1F. The predicted molar refractivity (Wildman–Crippen MR) is 113 cm³/mol. The summed E-state index contributed by atoms with van der Waals surface area (Å²) in [5.74, 6) is -2.40. The number of carbonyl (C=O) groups excluding carboxylic acids is 3. The van der Waals surface area contributed by atoms with Crippen LogP contribution in [-0.4, -0.2) is 52.4 Å². The standard InChI is InChI=1S/C22H22FNO7S/c1-12(25)28-19-11-32-22(21(30-14(3)27)20(19)29-13(2)26)31-18-9-15(6-7-17(18)23)16-5-4-8-24-10-16/h4-10,19-22H,11H2,1-3H3/t19-,20+,21-,22-/m1/s1. The van der Waals surface area contributed by atoms with Crippen LogP contribution < -0.4 is 4.74 Å². The molecule has 0 bridgehead atoms. The average Bonchev–Trinajstić information content (AvgIpc) is 2.73. The largest absolute Gasteiger partial charge is 0.473 e. The van der Waals surface area contributed by atoms with Crippen LogP contribution in [0.25, 0.3) is 11.1 Å². The van der Waals surface area contributed by atoms with Crippen molar-refractivity contribution in [1.82, 2.24) is 4.98 Å². The zero-order valence-corrected chi connectivity index (χ0v) is 18.5. The minimum Gasteiger partial charge on any atom is -0.473 e. The van der Waals surface area contributed by atoms with Gasteiger partial charge in [0.25, 0.3) is 0 Å². The molecule has 1 aliphatic rings. The van der Waals surface area contributed by atoms with Gasteiger partial charge in [-0.2, -0.15) is 0 Å². The van der Waals surface area contributed by atoms with Crippen molar-refractivity contribution in [1.29, 1.82) is 0 Å². The molecule has 0 spiro atoms. The van der Waals surface area contributed by atoms with Gasteiger partial charge in [-0.3, -0.25) is 19.4 Å². The summed E-state index contributed by atoms with van der Waals surface area (Å²) >= 11 is 1.15. The average molecular weight is 463 g/mol. The first-order valence-electron chi connectivity index (χ1n) is 9.74. The zero-order valence-electron chi connectivity index (χ0n) is 17.6. The van der Waals surface area contributed by atoms with Crippen molar-refractivity contribution >= 4 is 29.7 Å². The fourth-order valence-electron chi connectivity index (χ4n) is 3.24. The molecule has 1 saturated heterocycles. The van der Waals surface area contributed by atoms with Crippen LogP contribution in [0.4, 0.5) is 4.39 Å². The van der Waals surface area contributed by atoms with Gasteiger partial charge in [-0.25, -0.2) is 4.39 Å². The van der Waals surface area contributed by atoms with Crippen LogP contribution in [0, 0.1) is 5.82 Å². The van der Waals surface area contributed by atoms with Gasteiger partial charge >= 0.3 is 17.9 Å². The molecule has 0 amide bonds. The Morgan fingerprint density at radius 3 is 2.28 bits per heavy atom. The Hall–Kier alpha value is -3.14. The molecule has 32 heavy (non-hydrogen) atoms. The number of rotatable bonds is 6. The van der Waals surface area contributed by atoms with Gasteiger partial charge < -0.3 is 18.9 Å². The van der Waals surface area contributed by atoms with E-state index in [-0.39, 0.29) is 11.5 Å². The van der Waals surface area contributed by atoms with Crippen LogP contribution in [0.1, 0.15) is 20.8 Å². The molecule has 2 heterocycles. The number of halogens is 1. The monoisotopic (exact) mass is 463 g/mol. The van der Waals surface area contributed by atoms with Gasteiger partial charge in [0, 0.05) is 44.5 Å². The molecule has 170 valence electrons. The van der Waals surface area contributed by atoms with E-state index in [2.05, 4.69) is 4.98 Å². The van der Waals surface area contributed by atoms with Gasteiger partial charge in [0.2, 0.25) is 0 Å². The van der Waals surface area contributed by atoms with Crippen LogP contribution in [-0.2, 0) is 28.6 Å². The third kappa shape index (κ3) is 5.97. The minimum atomic E-state index is -1.14. The highest BCUT2D eigenvalue weighted by atomic mass is 32.2. The number of pyridine rings is 1. The summed E-state index contributed by atoms with van der Waals surface area (Å²) in [6.07, 6.45) is 0.143. The van der Waals surface area contributed by atoms with Gasteiger partial charge in [-0.1, -0.05) is 12.1 Å². The van der Waals surface area contributed by atoms with E-state index < -0.39 is 47.5 Å². The summed E-state index contributed by atoms with van der Waals surface area (Å²) in [6.45, 7) is 3.59. The van der Waals surface area contributed by atoms with Crippen LogP contribution in [0.3, 0.4) is 0 Å². The lowest BCUT2D eigenvalue weighted by atomic mass is 10.1. The molecule has 1 aromatic heterocycles. The van der Waals surface area contributed by atoms with E-state index in [0.29, 0.717) is 5.56 Å². The third-order valence-corrected chi connectivity index (χ3v) is 5.69. The van der Waals surface area contributed by atoms with Crippen LogP contribution >= 0.6 is 11.8 Å². The normalized spacial score (nSPS) is 22.5. The Morgan fingerprint density at radius 2 is 1.66 bits per heavy atom. The Morgan fingerprint density at radius 1 is 0.969 bits per heavy atom. The Labute approximate surface area is 188 Å². The van der Waals surface area contributed by atoms with E-state index in [1.54, 1.807) is 24.5 Å². The molecule has 1 aromatic carbocycles. The number of aromatic nitrogens is 1. The van der Waals surface area contributed by atoms with E-state index in [0.717, 1.165) is 17.3 Å². The molecule has 8 nitrogen and oxygen atoms in total. The molecule has 3 rings (SSSR count). The molecule has 0 N–H and O–H groups in total. The fraction of sp³-hybridized carbons (Fsp3) is 0.364. The number of thioether (sulfide) groups is 1. The van der Waals surface area contributed by atoms with Gasteiger partial charge in [0.1, 0.15) is 0 Å². The van der Waals surface area contributed by atoms with E-state index in [1.165, 1.54) is 32.9 Å². The first-order valence-corrected chi connectivity index (χ1v) is 10.8. The summed E-state index contributed by atoms with van der Waals surface area (Å²) in [5, 5.41) is 0. The molecule has 1 fully saturated rings. The van der Waals surface area contributed by atoms with Crippen molar-refractivity contribution in [2.24, 2.45) is 0 Å². The molecule has 4 atom stereocenters. The summed E-state index contributed by atoms with van der Waals surface area (Å²) in [5.41, 5.74) is 0.514. The second-order valence-corrected chi connectivity index (χ2v) is 8.13. The lowest BCUT2D eigenvalue weighted by Crippen LogP contribution is -2.55. The fourth-order valence-corrected chi connectivity index (χ4v) is 4.45. The maximum Gasteiger partial charge on any atom is 0.303 e. The second kappa shape index (κ2) is 10.4. The maximum atomic E-state index is 14.6. The van der Waals surface area contributed by atoms with Crippen molar-refractivity contribution in [3.05, 3.63) is 48.5 Å². The second-order valence-electron chi connectivity index (χ2n) is 7.00. The van der Waals surface area contributed by atoms with Crippen molar-refractivity contribution in [2.45, 2.75) is 44.5 Å². The highest BCUT2D eigenvalue weighted by Gasteiger charge is 2.47. The molecule has 0 radical (unpaired) electrons. The summed E-state index contributed by atoms with van der Waals surface area (Å²) < 4.78 is 36.4. The Balaban J connectivity index is 1.91. The number of hydrogen-bond donors (Lipinski definition) is 0. The molecular formula is C22H22FNO7S. The van der Waals surface area contributed by atoms with Gasteiger partial charge in [-0.05, 0) is 23.8 Å². The lowest BCUT2D eigenvalue weighted by molar-refractivity contribution is -0.186. The Bertz CT molecular complexity index is 987. The van der Waals surface area contributed by atoms with Crippen LogP contribution in [0.15, 0.2) is 42.7 Å². The number of carbonyl (C=O) groups is 3. The molecule has 0 unspecified atom stereocenters. The number of hydrogen-bond acceptors (Lipinski definition) is 9. The first kappa shape index (κ1) is 23.5. The van der Waals surface area contributed by atoms with E-state index in [9.17, 15) is 18.8 Å². The van der Waals surface area contributed by atoms with Gasteiger partial charge in [0.05, 0.1) is 0 Å². The quantitative estimate of drug-likeness (QED) is 0.472. The number of benzene rings is 1. The van der Waals surface area contributed by atoms with Crippen LogP contribution in [0.5, 0.6) is 5.75 Å². The predicted octanol–water partition coefficient (Wildman–Crippen LogP) is 3.13. The van der Waals surface area contributed by atoms with E-state index in [4.69, 9.17) is 18.9 Å². The van der Waals surface area contributed by atoms with Gasteiger partial charge in [-0.15, -0.1) is 11.8 Å². The third-order valence-electron chi connectivity index (χ3n) is 4.47. The highest BCUT2D eigenvalue weighted by molar-refractivity contribution is 7.99. The van der Waals surface area contributed by atoms with Crippen molar-refractivity contribution < 1.29 is 37.7 Å².